The first-order chi connectivity index (χ1) is 11.1. The average molecular weight is 320 g/mol. The molecule has 0 aliphatic carbocycles. The summed E-state index contributed by atoms with van der Waals surface area (Å²) in [4.78, 5) is 5.96. The van der Waals surface area contributed by atoms with Crippen LogP contribution in [0.15, 0.2) is 65.6 Å². The standard InChI is InChI=1S/C20H20N2S/c1-14-9-10-16(3)18(11-14)19-12-15(2)13-20(21-19)22-23-17-7-5-4-6-8-17/h4-13H,1-3H3,(H,21,22). The van der Waals surface area contributed by atoms with Gasteiger partial charge in [0.05, 0.1) is 5.69 Å². The number of hydrogen-bond acceptors (Lipinski definition) is 3. The van der Waals surface area contributed by atoms with Crippen LogP contribution in [0.3, 0.4) is 0 Å². The summed E-state index contributed by atoms with van der Waals surface area (Å²) in [5.74, 6) is 0.884. The Bertz CT molecular complexity index is 813. The molecule has 1 heterocycles. The quantitative estimate of drug-likeness (QED) is 0.616. The molecule has 2 nitrogen and oxygen atoms in total. The topological polar surface area (TPSA) is 24.9 Å². The van der Waals surface area contributed by atoms with Gasteiger partial charge in [-0.05, 0) is 74.2 Å². The van der Waals surface area contributed by atoms with Crippen molar-refractivity contribution in [3.05, 3.63) is 77.4 Å². The molecule has 0 saturated carbocycles. The number of pyridine rings is 1. The minimum absolute atomic E-state index is 0.884. The van der Waals surface area contributed by atoms with Gasteiger partial charge in [0, 0.05) is 10.5 Å². The molecule has 0 aliphatic rings. The average Bonchev–Trinajstić information content (AvgIpc) is 2.56. The molecule has 0 spiro atoms. The van der Waals surface area contributed by atoms with Crippen LogP contribution in [0.1, 0.15) is 16.7 Å². The molecular weight excluding hydrogens is 300 g/mol. The number of nitrogens with one attached hydrogen (secondary N) is 1. The molecule has 0 amide bonds. The lowest BCUT2D eigenvalue weighted by atomic mass is 10.0. The number of aromatic nitrogens is 1. The van der Waals surface area contributed by atoms with E-state index in [2.05, 4.69) is 68.0 Å². The number of nitrogens with zero attached hydrogens (tertiary/aromatic N) is 1. The number of benzene rings is 2. The highest BCUT2D eigenvalue weighted by molar-refractivity contribution is 8.00. The minimum Gasteiger partial charge on any atom is -0.310 e. The molecule has 0 unspecified atom stereocenters. The van der Waals surface area contributed by atoms with E-state index in [9.17, 15) is 0 Å². The van der Waals surface area contributed by atoms with E-state index in [4.69, 9.17) is 4.98 Å². The van der Waals surface area contributed by atoms with Crippen molar-refractivity contribution < 1.29 is 0 Å². The van der Waals surface area contributed by atoms with E-state index in [0.29, 0.717) is 0 Å². The zero-order chi connectivity index (χ0) is 16.2. The Morgan fingerprint density at radius 1 is 0.826 bits per heavy atom. The van der Waals surface area contributed by atoms with E-state index in [-0.39, 0.29) is 0 Å². The third-order valence-corrected chi connectivity index (χ3v) is 4.47. The fourth-order valence-electron chi connectivity index (χ4n) is 2.47. The molecule has 2 aromatic carbocycles. The van der Waals surface area contributed by atoms with Crippen LogP contribution >= 0.6 is 11.9 Å². The van der Waals surface area contributed by atoms with Crippen molar-refractivity contribution in [3.63, 3.8) is 0 Å². The maximum atomic E-state index is 4.79. The van der Waals surface area contributed by atoms with Crippen LogP contribution in [-0.2, 0) is 0 Å². The highest BCUT2D eigenvalue weighted by Gasteiger charge is 2.07. The predicted octanol–water partition coefficient (Wildman–Crippen LogP) is 5.79. The van der Waals surface area contributed by atoms with Gasteiger partial charge in [-0.2, -0.15) is 0 Å². The molecule has 116 valence electrons. The molecule has 23 heavy (non-hydrogen) atoms. The normalized spacial score (nSPS) is 10.6. The van der Waals surface area contributed by atoms with E-state index >= 15 is 0 Å². The monoisotopic (exact) mass is 320 g/mol. The van der Waals surface area contributed by atoms with Crippen molar-refractivity contribution in [2.24, 2.45) is 0 Å². The van der Waals surface area contributed by atoms with Crippen LogP contribution in [0.4, 0.5) is 5.82 Å². The molecule has 1 N–H and O–H groups in total. The Balaban J connectivity index is 1.88. The highest BCUT2D eigenvalue weighted by Crippen LogP contribution is 2.27. The second kappa shape index (κ2) is 6.88. The molecule has 0 atom stereocenters. The molecule has 0 fully saturated rings. The summed E-state index contributed by atoms with van der Waals surface area (Å²) in [6.45, 7) is 6.35. The molecule has 3 rings (SSSR count). The summed E-state index contributed by atoms with van der Waals surface area (Å²) in [5.41, 5.74) is 5.91. The lowest BCUT2D eigenvalue weighted by Crippen LogP contribution is -1.95. The van der Waals surface area contributed by atoms with Crippen molar-refractivity contribution in [2.45, 2.75) is 25.7 Å². The molecule has 3 aromatic rings. The zero-order valence-corrected chi connectivity index (χ0v) is 14.4. The first kappa shape index (κ1) is 15.6. The van der Waals surface area contributed by atoms with Crippen LogP contribution < -0.4 is 4.72 Å². The molecule has 0 saturated heterocycles. The van der Waals surface area contributed by atoms with Crippen LogP contribution in [0, 0.1) is 20.8 Å². The molecule has 0 radical (unpaired) electrons. The number of anilines is 1. The Labute approximate surface area is 142 Å². The van der Waals surface area contributed by atoms with Crippen molar-refractivity contribution >= 4 is 17.8 Å². The number of rotatable bonds is 4. The second-order valence-electron chi connectivity index (χ2n) is 5.75. The van der Waals surface area contributed by atoms with Gasteiger partial charge in [0.2, 0.25) is 0 Å². The molecule has 3 heteroatoms. The highest BCUT2D eigenvalue weighted by atomic mass is 32.2. The van der Waals surface area contributed by atoms with Gasteiger partial charge in [-0.15, -0.1) is 0 Å². The van der Waals surface area contributed by atoms with E-state index in [1.165, 1.54) is 27.1 Å². The van der Waals surface area contributed by atoms with Crippen molar-refractivity contribution in [1.29, 1.82) is 0 Å². The molecule has 1 aromatic heterocycles. The lowest BCUT2D eigenvalue weighted by molar-refractivity contribution is 1.27. The zero-order valence-electron chi connectivity index (χ0n) is 13.6. The fourth-order valence-corrected chi connectivity index (χ4v) is 3.09. The van der Waals surface area contributed by atoms with E-state index in [1.54, 1.807) is 11.9 Å². The van der Waals surface area contributed by atoms with Gasteiger partial charge in [-0.1, -0.05) is 35.9 Å². The summed E-state index contributed by atoms with van der Waals surface area (Å²) >= 11 is 1.58. The van der Waals surface area contributed by atoms with Gasteiger partial charge in [0.1, 0.15) is 5.82 Å². The lowest BCUT2D eigenvalue weighted by Gasteiger charge is -2.11. The first-order valence-corrected chi connectivity index (χ1v) is 8.48. The van der Waals surface area contributed by atoms with Crippen LogP contribution in [0.25, 0.3) is 11.3 Å². The van der Waals surface area contributed by atoms with Crippen molar-refractivity contribution in [3.8, 4) is 11.3 Å². The van der Waals surface area contributed by atoms with Crippen LogP contribution in [0.5, 0.6) is 0 Å². The van der Waals surface area contributed by atoms with Gasteiger partial charge in [-0.25, -0.2) is 4.98 Å². The fraction of sp³-hybridized carbons (Fsp3) is 0.150. The second-order valence-corrected chi connectivity index (χ2v) is 6.63. The molecule has 0 aliphatic heterocycles. The first-order valence-electron chi connectivity index (χ1n) is 7.66. The van der Waals surface area contributed by atoms with E-state index < -0.39 is 0 Å². The van der Waals surface area contributed by atoms with Crippen LogP contribution in [0.2, 0.25) is 0 Å². The summed E-state index contributed by atoms with van der Waals surface area (Å²) in [7, 11) is 0. The Morgan fingerprint density at radius 2 is 1.61 bits per heavy atom. The maximum absolute atomic E-state index is 4.79. The summed E-state index contributed by atoms with van der Waals surface area (Å²) in [5, 5.41) is 0. The van der Waals surface area contributed by atoms with Crippen molar-refractivity contribution in [1.82, 2.24) is 4.98 Å². The summed E-state index contributed by atoms with van der Waals surface area (Å²) < 4.78 is 3.35. The third-order valence-electron chi connectivity index (χ3n) is 3.66. The maximum Gasteiger partial charge on any atom is 0.137 e. The van der Waals surface area contributed by atoms with E-state index in [1.807, 2.05) is 18.2 Å². The van der Waals surface area contributed by atoms with Crippen LogP contribution in [-0.4, -0.2) is 4.98 Å². The van der Waals surface area contributed by atoms with Gasteiger partial charge >= 0.3 is 0 Å². The molecular formula is C20H20N2S. The van der Waals surface area contributed by atoms with Gasteiger partial charge in [-0.3, -0.25) is 0 Å². The number of aryl methyl sites for hydroxylation is 3. The van der Waals surface area contributed by atoms with E-state index in [0.717, 1.165) is 11.5 Å². The minimum atomic E-state index is 0.884. The van der Waals surface area contributed by atoms with Gasteiger partial charge < -0.3 is 4.72 Å². The van der Waals surface area contributed by atoms with Gasteiger partial charge in [0.15, 0.2) is 0 Å². The Kier molecular flexibility index (Phi) is 4.68. The number of hydrogen-bond donors (Lipinski definition) is 1. The smallest absolute Gasteiger partial charge is 0.137 e. The third kappa shape index (κ3) is 3.93. The molecule has 0 bridgehead atoms. The Morgan fingerprint density at radius 3 is 2.39 bits per heavy atom. The summed E-state index contributed by atoms with van der Waals surface area (Å²) in [6.07, 6.45) is 0. The van der Waals surface area contributed by atoms with Crippen molar-refractivity contribution in [2.75, 3.05) is 4.72 Å². The predicted molar refractivity (Wildman–Crippen MR) is 99.8 cm³/mol. The SMILES string of the molecule is Cc1cc(NSc2ccccc2)nc(-c2cc(C)ccc2C)c1. The largest absolute Gasteiger partial charge is 0.310 e. The Hall–Kier alpha value is -2.26. The van der Waals surface area contributed by atoms with Gasteiger partial charge in [0.25, 0.3) is 0 Å². The summed E-state index contributed by atoms with van der Waals surface area (Å²) in [6, 6.07) is 21.0.